The number of fused-ring (bicyclic) bond motifs is 2. The van der Waals surface area contributed by atoms with Crippen molar-refractivity contribution in [2.24, 2.45) is 29.6 Å². The van der Waals surface area contributed by atoms with E-state index in [4.69, 9.17) is 27.9 Å². The molecular weight excluding hydrogens is 333 g/mol. The minimum Gasteiger partial charge on any atom is -0.497 e. The van der Waals surface area contributed by atoms with Crippen LogP contribution in [0.1, 0.15) is 25.7 Å². The fourth-order valence-electron chi connectivity index (χ4n) is 4.54. The molecule has 3 nitrogen and oxygen atoms in total. The van der Waals surface area contributed by atoms with Gasteiger partial charge in [-0.2, -0.15) is 0 Å². The number of carbonyl (C=O) groups excluding carboxylic acids is 1. The lowest BCUT2D eigenvalue weighted by Gasteiger charge is -2.07. The van der Waals surface area contributed by atoms with E-state index in [1.807, 2.05) is 24.3 Å². The van der Waals surface area contributed by atoms with Gasteiger partial charge in [0.15, 0.2) is 0 Å². The number of halogens is 2. The smallest absolute Gasteiger partial charge is 0.228 e. The highest BCUT2D eigenvalue weighted by molar-refractivity contribution is 6.51. The Morgan fingerprint density at radius 2 is 1.83 bits per heavy atom. The summed E-state index contributed by atoms with van der Waals surface area (Å²) in [7, 11) is 1.63. The summed E-state index contributed by atoms with van der Waals surface area (Å²) >= 11 is 12.7. The van der Waals surface area contributed by atoms with Crippen LogP contribution in [0, 0.1) is 29.6 Å². The molecule has 0 aromatic heterocycles. The summed E-state index contributed by atoms with van der Waals surface area (Å²) in [5.74, 6) is 2.94. The number of ether oxygens (including phenoxy) is 1. The molecule has 1 amide bonds. The molecule has 0 saturated heterocycles. The van der Waals surface area contributed by atoms with E-state index in [0.29, 0.717) is 23.7 Å². The number of alkyl halides is 2. The Kier molecular flexibility index (Phi) is 3.77. The van der Waals surface area contributed by atoms with Crippen molar-refractivity contribution >= 4 is 34.8 Å². The largest absolute Gasteiger partial charge is 0.497 e. The van der Waals surface area contributed by atoms with Crippen molar-refractivity contribution in [3.8, 4) is 5.75 Å². The second-order valence-corrected chi connectivity index (χ2v) is 8.56. The first-order chi connectivity index (χ1) is 11.0. The van der Waals surface area contributed by atoms with Gasteiger partial charge in [-0.1, -0.05) is 6.07 Å². The summed E-state index contributed by atoms with van der Waals surface area (Å²) < 4.78 is 4.71. The number of rotatable bonds is 3. The fraction of sp³-hybridized carbons (Fsp3) is 0.611. The summed E-state index contributed by atoms with van der Waals surface area (Å²) in [6.07, 6.45) is 4.26. The van der Waals surface area contributed by atoms with Crippen LogP contribution in [0.25, 0.3) is 0 Å². The van der Waals surface area contributed by atoms with Gasteiger partial charge >= 0.3 is 0 Å². The number of hydrogen-bond acceptors (Lipinski definition) is 2. The molecule has 0 spiro atoms. The molecule has 0 aliphatic heterocycles. The summed E-state index contributed by atoms with van der Waals surface area (Å²) in [4.78, 5) is 12.6. The Balaban J connectivity index is 1.38. The molecule has 23 heavy (non-hydrogen) atoms. The molecule has 4 rings (SSSR count). The van der Waals surface area contributed by atoms with Crippen molar-refractivity contribution in [3.63, 3.8) is 0 Å². The Labute approximate surface area is 146 Å². The van der Waals surface area contributed by atoms with Crippen LogP contribution in [0.2, 0.25) is 0 Å². The molecule has 0 bridgehead atoms. The molecule has 3 saturated carbocycles. The van der Waals surface area contributed by atoms with Gasteiger partial charge in [0, 0.05) is 17.7 Å². The van der Waals surface area contributed by atoms with Gasteiger partial charge in [-0.05, 0) is 61.5 Å². The molecule has 1 unspecified atom stereocenters. The van der Waals surface area contributed by atoms with Gasteiger partial charge in [-0.15, -0.1) is 23.2 Å². The lowest BCUT2D eigenvalue weighted by atomic mass is 10.0. The monoisotopic (exact) mass is 353 g/mol. The van der Waals surface area contributed by atoms with Crippen LogP contribution in [0.15, 0.2) is 24.3 Å². The number of nitrogens with one attached hydrogen (secondary N) is 1. The maximum absolute atomic E-state index is 12.6. The van der Waals surface area contributed by atoms with E-state index in [2.05, 4.69) is 5.32 Å². The van der Waals surface area contributed by atoms with Crippen LogP contribution < -0.4 is 10.1 Å². The van der Waals surface area contributed by atoms with E-state index in [-0.39, 0.29) is 11.8 Å². The average Bonchev–Trinajstić information content (AvgIpc) is 3.32. The van der Waals surface area contributed by atoms with Crippen LogP contribution in [-0.4, -0.2) is 17.4 Å². The summed E-state index contributed by atoms with van der Waals surface area (Å²) in [6.45, 7) is 0. The van der Waals surface area contributed by atoms with Gasteiger partial charge in [0.2, 0.25) is 5.91 Å². The number of hydrogen-bond donors (Lipinski definition) is 1. The lowest BCUT2D eigenvalue weighted by Crippen LogP contribution is -2.15. The van der Waals surface area contributed by atoms with Crippen molar-refractivity contribution in [2.75, 3.05) is 12.4 Å². The fourth-order valence-corrected chi connectivity index (χ4v) is 5.46. The Bertz CT molecular complexity index is 611. The second-order valence-electron chi connectivity index (χ2n) is 7.12. The van der Waals surface area contributed by atoms with Crippen molar-refractivity contribution in [1.29, 1.82) is 0 Å². The van der Waals surface area contributed by atoms with Crippen LogP contribution >= 0.6 is 23.2 Å². The maximum Gasteiger partial charge on any atom is 0.228 e. The van der Waals surface area contributed by atoms with Crippen molar-refractivity contribution in [1.82, 2.24) is 0 Å². The number of methoxy groups -OCH3 is 1. The molecule has 3 aliphatic rings. The molecule has 0 radical (unpaired) electrons. The topological polar surface area (TPSA) is 38.3 Å². The predicted octanol–water partition coefficient (Wildman–Crippen LogP) is 4.49. The van der Waals surface area contributed by atoms with Crippen LogP contribution in [0.5, 0.6) is 5.75 Å². The molecule has 3 aliphatic carbocycles. The van der Waals surface area contributed by atoms with Gasteiger partial charge in [-0.25, -0.2) is 0 Å². The van der Waals surface area contributed by atoms with Crippen molar-refractivity contribution in [2.45, 2.75) is 30.0 Å². The van der Waals surface area contributed by atoms with E-state index in [1.54, 1.807) is 7.11 Å². The van der Waals surface area contributed by atoms with Crippen molar-refractivity contribution in [3.05, 3.63) is 24.3 Å². The standard InChI is InChI=1S/C18H21Cl2NO2/c1-23-11-4-2-3-10(9-11)21-17(22)16-12-5-7-14-15(18(14,19)20)8-6-13(12)16/h2-4,9,12-16H,5-8H2,1H3,(H,21,22)/t12-,13+,14+,15-,16?. The molecule has 5 atom stereocenters. The number of anilines is 1. The van der Waals surface area contributed by atoms with Gasteiger partial charge in [0.05, 0.1) is 7.11 Å². The van der Waals surface area contributed by atoms with Gasteiger partial charge < -0.3 is 10.1 Å². The highest BCUT2D eigenvalue weighted by Gasteiger charge is 2.65. The summed E-state index contributed by atoms with van der Waals surface area (Å²) in [5, 5.41) is 3.04. The molecule has 0 heterocycles. The first kappa shape index (κ1) is 15.6. The van der Waals surface area contributed by atoms with Crippen LogP contribution in [-0.2, 0) is 4.79 Å². The Morgan fingerprint density at radius 1 is 1.17 bits per heavy atom. The predicted molar refractivity (Wildman–Crippen MR) is 92.0 cm³/mol. The normalized spacial score (nSPS) is 36.7. The minimum atomic E-state index is -0.491. The number of carbonyl (C=O) groups is 1. The number of amides is 1. The average molecular weight is 354 g/mol. The van der Waals surface area contributed by atoms with Crippen molar-refractivity contribution < 1.29 is 9.53 Å². The quantitative estimate of drug-likeness (QED) is 0.813. The second kappa shape index (κ2) is 5.56. The van der Waals surface area contributed by atoms with Gasteiger partial charge in [-0.3, -0.25) is 4.79 Å². The maximum atomic E-state index is 12.6. The van der Waals surface area contributed by atoms with E-state index in [9.17, 15) is 4.79 Å². The van der Waals surface area contributed by atoms with E-state index >= 15 is 0 Å². The highest BCUT2D eigenvalue weighted by atomic mass is 35.5. The highest BCUT2D eigenvalue weighted by Crippen LogP contribution is 2.67. The Morgan fingerprint density at radius 3 is 2.43 bits per heavy atom. The zero-order valence-electron chi connectivity index (χ0n) is 13.1. The first-order valence-electron chi connectivity index (χ1n) is 8.35. The zero-order valence-corrected chi connectivity index (χ0v) is 14.6. The molecule has 5 heteroatoms. The minimum absolute atomic E-state index is 0.145. The molecule has 1 aromatic carbocycles. The van der Waals surface area contributed by atoms with E-state index in [0.717, 1.165) is 37.1 Å². The van der Waals surface area contributed by atoms with Crippen LogP contribution in [0.3, 0.4) is 0 Å². The third-order valence-electron chi connectivity index (χ3n) is 5.96. The van der Waals surface area contributed by atoms with Gasteiger partial charge in [0.1, 0.15) is 10.1 Å². The third kappa shape index (κ3) is 2.72. The van der Waals surface area contributed by atoms with E-state index < -0.39 is 4.33 Å². The summed E-state index contributed by atoms with van der Waals surface area (Å²) in [5.41, 5.74) is 0.803. The Hall–Kier alpha value is -0.930. The first-order valence-corrected chi connectivity index (χ1v) is 9.10. The zero-order chi connectivity index (χ0) is 16.2. The third-order valence-corrected chi connectivity index (χ3v) is 7.08. The van der Waals surface area contributed by atoms with Gasteiger partial charge in [0.25, 0.3) is 0 Å². The molecule has 124 valence electrons. The number of benzene rings is 1. The molecule has 1 N–H and O–H groups in total. The molecule has 1 aromatic rings. The molecule has 3 fully saturated rings. The summed E-state index contributed by atoms with van der Waals surface area (Å²) in [6, 6.07) is 7.51. The molecular formula is C18H21Cl2NO2. The van der Waals surface area contributed by atoms with E-state index in [1.165, 1.54) is 0 Å². The SMILES string of the molecule is COc1cccc(NC(=O)C2[C@H]3CC[C@@H]4[C@H](CC[C@@H]23)C4(Cl)Cl)c1. The van der Waals surface area contributed by atoms with Crippen LogP contribution in [0.4, 0.5) is 5.69 Å². The lowest BCUT2D eigenvalue weighted by molar-refractivity contribution is -0.117.